The number of methoxy groups -OCH3 is 1. The molecule has 0 aliphatic carbocycles. The van der Waals surface area contributed by atoms with Crippen molar-refractivity contribution in [3.05, 3.63) is 78.8 Å². The molecule has 5 nitrogen and oxygen atoms in total. The first-order chi connectivity index (χ1) is 12.6. The van der Waals surface area contributed by atoms with Crippen LogP contribution in [0.4, 0.5) is 5.69 Å². The summed E-state index contributed by atoms with van der Waals surface area (Å²) in [6.07, 6.45) is 1.89. The number of aromatic nitrogens is 1. The van der Waals surface area contributed by atoms with Gasteiger partial charge in [0.05, 0.1) is 11.6 Å². The summed E-state index contributed by atoms with van der Waals surface area (Å²) in [5, 5.41) is 0.687. The first kappa shape index (κ1) is 16.9. The monoisotopic (exact) mass is 385 g/mol. The van der Waals surface area contributed by atoms with Crippen molar-refractivity contribution in [1.82, 2.24) is 4.57 Å². The number of hydrogen-bond acceptors (Lipinski definition) is 5. The molecule has 0 unspecified atom stereocenters. The number of hydrogen-bond donors (Lipinski definition) is 0. The average Bonchev–Trinajstić information content (AvgIpc) is 2.98. The van der Waals surface area contributed by atoms with Crippen molar-refractivity contribution in [2.45, 2.75) is 6.67 Å². The molecule has 0 atom stereocenters. The van der Waals surface area contributed by atoms with Crippen LogP contribution in [0.2, 0.25) is 5.02 Å². The predicted octanol–water partition coefficient (Wildman–Crippen LogP) is 2.46. The highest BCUT2D eigenvalue weighted by Gasteiger charge is 2.15. The van der Waals surface area contributed by atoms with E-state index in [9.17, 15) is 4.79 Å². The van der Waals surface area contributed by atoms with Crippen LogP contribution in [-0.2, 0) is 6.67 Å². The first-order valence-corrected chi connectivity index (χ1v) is 9.24. The highest BCUT2D eigenvalue weighted by atomic mass is 35.5. The summed E-state index contributed by atoms with van der Waals surface area (Å²) in [5.41, 5.74) is 1.92. The Bertz CT molecular complexity index is 1100. The van der Waals surface area contributed by atoms with Crippen molar-refractivity contribution in [3.8, 4) is 5.75 Å². The van der Waals surface area contributed by atoms with Crippen LogP contribution in [0, 0.1) is 0 Å². The smallest absolute Gasteiger partial charge is 0.271 e. The standard InChI is InChI=1S/C19H16ClN3O2S/c1-25-16-8-2-13(3-9-16)10-17-18(24)23-12-22(11-21-19(23)26-17)15-6-4-14(20)5-7-15/h2-10H,11-12H2,1H3/b17-10+. The van der Waals surface area contributed by atoms with Gasteiger partial charge < -0.3 is 9.64 Å². The third-order valence-corrected chi connectivity index (χ3v) is 5.48. The molecule has 3 aromatic rings. The molecular weight excluding hydrogens is 370 g/mol. The van der Waals surface area contributed by atoms with Crippen LogP contribution >= 0.6 is 22.9 Å². The molecule has 132 valence electrons. The Hall–Kier alpha value is -2.57. The zero-order chi connectivity index (χ0) is 18.1. The fraction of sp³-hybridized carbons (Fsp3) is 0.158. The van der Waals surface area contributed by atoms with Crippen molar-refractivity contribution < 1.29 is 4.74 Å². The number of halogens is 1. The SMILES string of the molecule is COc1ccc(/C=c2/sc3n(c2=O)CN(c2ccc(Cl)cc2)CN=3)cc1. The number of anilines is 1. The largest absolute Gasteiger partial charge is 0.497 e. The minimum atomic E-state index is -0.0248. The van der Waals surface area contributed by atoms with E-state index < -0.39 is 0 Å². The molecule has 0 amide bonds. The summed E-state index contributed by atoms with van der Waals surface area (Å²) < 4.78 is 7.54. The van der Waals surface area contributed by atoms with Gasteiger partial charge in [0.15, 0.2) is 4.80 Å². The zero-order valence-electron chi connectivity index (χ0n) is 14.1. The Kier molecular flexibility index (Phi) is 4.53. The van der Waals surface area contributed by atoms with E-state index in [0.29, 0.717) is 22.9 Å². The van der Waals surface area contributed by atoms with Crippen molar-refractivity contribution >= 4 is 34.7 Å². The van der Waals surface area contributed by atoms with Crippen LogP contribution in [-0.4, -0.2) is 18.3 Å². The lowest BCUT2D eigenvalue weighted by atomic mass is 10.2. The van der Waals surface area contributed by atoms with Crippen molar-refractivity contribution in [3.63, 3.8) is 0 Å². The molecule has 0 fully saturated rings. The van der Waals surface area contributed by atoms with Gasteiger partial charge >= 0.3 is 0 Å². The fourth-order valence-corrected chi connectivity index (χ4v) is 3.87. The van der Waals surface area contributed by atoms with Crippen molar-refractivity contribution in [1.29, 1.82) is 0 Å². The second-order valence-corrected chi connectivity index (χ2v) is 7.30. The number of nitrogens with zero attached hydrogens (tertiary/aromatic N) is 3. The first-order valence-electron chi connectivity index (χ1n) is 8.04. The lowest BCUT2D eigenvalue weighted by molar-refractivity contribution is 0.415. The van der Waals surface area contributed by atoms with Gasteiger partial charge in [0.25, 0.3) is 5.56 Å². The van der Waals surface area contributed by atoms with Gasteiger partial charge in [0.2, 0.25) is 0 Å². The Labute approximate surface area is 159 Å². The van der Waals surface area contributed by atoms with Gasteiger partial charge in [-0.15, -0.1) is 0 Å². The lowest BCUT2D eigenvalue weighted by Crippen LogP contribution is -2.42. The molecule has 0 N–H and O–H groups in total. The lowest BCUT2D eigenvalue weighted by Gasteiger charge is -2.25. The summed E-state index contributed by atoms with van der Waals surface area (Å²) in [5.74, 6) is 0.790. The van der Waals surface area contributed by atoms with E-state index in [-0.39, 0.29) is 5.56 Å². The number of ether oxygens (including phenoxy) is 1. The van der Waals surface area contributed by atoms with Gasteiger partial charge in [-0.05, 0) is 48.0 Å². The second-order valence-electron chi connectivity index (χ2n) is 5.86. The molecule has 1 aromatic heterocycles. The van der Waals surface area contributed by atoms with Crippen LogP contribution in [0.5, 0.6) is 5.75 Å². The minimum absolute atomic E-state index is 0.0248. The maximum atomic E-state index is 12.8. The summed E-state index contributed by atoms with van der Waals surface area (Å²) in [4.78, 5) is 20.1. The molecule has 26 heavy (non-hydrogen) atoms. The van der Waals surface area contributed by atoms with Gasteiger partial charge in [0, 0.05) is 10.7 Å². The summed E-state index contributed by atoms with van der Waals surface area (Å²) >= 11 is 7.36. The second kappa shape index (κ2) is 6.97. The topological polar surface area (TPSA) is 46.8 Å². The normalized spacial score (nSPS) is 14.1. The highest BCUT2D eigenvalue weighted by Crippen LogP contribution is 2.19. The predicted molar refractivity (Wildman–Crippen MR) is 105 cm³/mol. The molecule has 0 radical (unpaired) electrons. The molecule has 0 spiro atoms. The Morgan fingerprint density at radius 2 is 1.88 bits per heavy atom. The Balaban J connectivity index is 1.67. The zero-order valence-corrected chi connectivity index (χ0v) is 15.6. The quantitative estimate of drug-likeness (QED) is 0.695. The van der Waals surface area contributed by atoms with Gasteiger partial charge in [0.1, 0.15) is 19.1 Å². The van der Waals surface area contributed by atoms with Crippen LogP contribution in [0.15, 0.2) is 58.3 Å². The Morgan fingerprint density at radius 1 is 1.15 bits per heavy atom. The van der Waals surface area contributed by atoms with E-state index in [0.717, 1.165) is 21.8 Å². The molecule has 4 rings (SSSR count). The maximum absolute atomic E-state index is 12.8. The van der Waals surface area contributed by atoms with Crippen LogP contribution < -0.4 is 24.5 Å². The number of fused-ring (bicyclic) bond motifs is 1. The summed E-state index contributed by atoms with van der Waals surface area (Å²) in [6.45, 7) is 0.996. The van der Waals surface area contributed by atoms with E-state index in [1.54, 1.807) is 11.7 Å². The third-order valence-electron chi connectivity index (χ3n) is 4.18. The van der Waals surface area contributed by atoms with E-state index in [1.807, 2.05) is 59.5 Å². The van der Waals surface area contributed by atoms with E-state index in [4.69, 9.17) is 16.3 Å². The Morgan fingerprint density at radius 3 is 2.58 bits per heavy atom. The molecule has 0 bridgehead atoms. The molecule has 0 saturated carbocycles. The van der Waals surface area contributed by atoms with Gasteiger partial charge in [-0.3, -0.25) is 9.36 Å². The molecule has 1 aliphatic heterocycles. The van der Waals surface area contributed by atoms with Gasteiger partial charge in [-0.1, -0.05) is 35.1 Å². The number of thiazole rings is 1. The molecule has 2 aromatic carbocycles. The van der Waals surface area contributed by atoms with E-state index in [2.05, 4.69) is 4.99 Å². The van der Waals surface area contributed by atoms with E-state index >= 15 is 0 Å². The highest BCUT2D eigenvalue weighted by molar-refractivity contribution is 7.07. The van der Waals surface area contributed by atoms with Crippen LogP contribution in [0.3, 0.4) is 0 Å². The number of rotatable bonds is 3. The molecule has 7 heteroatoms. The van der Waals surface area contributed by atoms with Gasteiger partial charge in [-0.2, -0.15) is 0 Å². The van der Waals surface area contributed by atoms with Crippen LogP contribution in [0.1, 0.15) is 5.56 Å². The summed E-state index contributed by atoms with van der Waals surface area (Å²) in [7, 11) is 1.63. The molecular formula is C19H16ClN3O2S. The molecule has 2 heterocycles. The van der Waals surface area contributed by atoms with E-state index in [1.165, 1.54) is 11.3 Å². The molecule has 1 aliphatic rings. The van der Waals surface area contributed by atoms with Crippen molar-refractivity contribution in [2.75, 3.05) is 18.7 Å². The number of benzene rings is 2. The maximum Gasteiger partial charge on any atom is 0.271 e. The molecule has 0 saturated heterocycles. The fourth-order valence-electron chi connectivity index (χ4n) is 2.78. The summed E-state index contributed by atoms with van der Waals surface area (Å²) in [6, 6.07) is 15.2. The average molecular weight is 386 g/mol. The van der Waals surface area contributed by atoms with Crippen LogP contribution in [0.25, 0.3) is 6.08 Å². The van der Waals surface area contributed by atoms with Crippen molar-refractivity contribution in [2.24, 2.45) is 4.99 Å². The third kappa shape index (κ3) is 3.25. The van der Waals surface area contributed by atoms with Gasteiger partial charge in [-0.25, -0.2) is 4.99 Å². The minimum Gasteiger partial charge on any atom is -0.497 e.